The zero-order valence-electron chi connectivity index (χ0n) is 8.91. The van der Waals surface area contributed by atoms with Crippen LogP contribution in [0.25, 0.3) is 0 Å². The van der Waals surface area contributed by atoms with Crippen molar-refractivity contribution in [1.82, 2.24) is 0 Å². The molecule has 0 radical (unpaired) electrons. The molecule has 0 aliphatic rings. The van der Waals surface area contributed by atoms with Crippen LogP contribution in [0.2, 0.25) is 5.02 Å². The standard InChI is InChI=1S/C11H10ClNO3/c1-7-3-9(4-8(2)11(7)12)16-5-10(15)13-6-14/h3-4H,5H2,1-2H3. The number of nitrogens with zero attached hydrogens (tertiary/aromatic N) is 1. The first-order chi connectivity index (χ1) is 7.54. The molecule has 0 aliphatic carbocycles. The fourth-order valence-corrected chi connectivity index (χ4v) is 1.33. The molecule has 1 amide bonds. The van der Waals surface area contributed by atoms with E-state index in [1.165, 1.54) is 0 Å². The van der Waals surface area contributed by atoms with Crippen molar-refractivity contribution in [2.45, 2.75) is 13.8 Å². The number of rotatable bonds is 3. The summed E-state index contributed by atoms with van der Waals surface area (Å²) in [6.45, 7) is 3.40. The van der Waals surface area contributed by atoms with Crippen LogP contribution in [0.15, 0.2) is 17.1 Å². The van der Waals surface area contributed by atoms with Crippen LogP contribution in [0.4, 0.5) is 0 Å². The molecule has 16 heavy (non-hydrogen) atoms. The molecule has 84 valence electrons. The number of isocyanates is 1. The Balaban J connectivity index is 2.75. The molecule has 0 aromatic heterocycles. The quantitative estimate of drug-likeness (QED) is 0.600. The highest BCUT2D eigenvalue weighted by Gasteiger charge is 2.05. The Kier molecular flexibility index (Phi) is 4.23. The van der Waals surface area contributed by atoms with Gasteiger partial charge in [0.25, 0.3) is 5.91 Å². The Morgan fingerprint density at radius 1 is 1.44 bits per heavy atom. The van der Waals surface area contributed by atoms with Crippen molar-refractivity contribution in [2.24, 2.45) is 4.99 Å². The molecular formula is C11H10ClNO3. The normalized spacial score (nSPS) is 9.44. The Hall–Kier alpha value is -1.64. The van der Waals surface area contributed by atoms with Gasteiger partial charge in [-0.3, -0.25) is 4.79 Å². The minimum atomic E-state index is -0.666. The molecule has 0 saturated heterocycles. The SMILES string of the molecule is Cc1cc(OCC(=O)N=C=O)cc(C)c1Cl. The predicted molar refractivity (Wildman–Crippen MR) is 59.5 cm³/mol. The van der Waals surface area contributed by atoms with Crippen LogP contribution >= 0.6 is 11.6 Å². The molecule has 0 fully saturated rings. The lowest BCUT2D eigenvalue weighted by molar-refractivity contribution is -0.119. The third-order valence-electron chi connectivity index (χ3n) is 1.94. The molecule has 4 nitrogen and oxygen atoms in total. The fraction of sp³-hybridized carbons (Fsp3) is 0.273. The summed E-state index contributed by atoms with van der Waals surface area (Å²) in [5.41, 5.74) is 1.73. The Morgan fingerprint density at radius 3 is 2.50 bits per heavy atom. The van der Waals surface area contributed by atoms with E-state index in [9.17, 15) is 9.59 Å². The molecule has 0 N–H and O–H groups in total. The van der Waals surface area contributed by atoms with Gasteiger partial charge in [-0.15, -0.1) is 4.99 Å². The summed E-state index contributed by atoms with van der Waals surface area (Å²) in [5, 5.41) is 0.671. The van der Waals surface area contributed by atoms with E-state index in [-0.39, 0.29) is 6.61 Å². The molecule has 0 aliphatic heterocycles. The second-order valence-electron chi connectivity index (χ2n) is 3.26. The van der Waals surface area contributed by atoms with Gasteiger partial charge in [0.1, 0.15) is 5.75 Å². The zero-order valence-corrected chi connectivity index (χ0v) is 9.67. The lowest BCUT2D eigenvalue weighted by Crippen LogP contribution is -2.08. The van der Waals surface area contributed by atoms with Gasteiger partial charge in [-0.05, 0) is 37.1 Å². The van der Waals surface area contributed by atoms with Crippen LogP contribution in [-0.2, 0) is 9.59 Å². The molecule has 0 saturated carbocycles. The second kappa shape index (κ2) is 5.45. The molecule has 5 heteroatoms. The first-order valence-corrected chi connectivity index (χ1v) is 4.92. The molecule has 1 aromatic carbocycles. The van der Waals surface area contributed by atoms with Gasteiger partial charge < -0.3 is 4.74 Å². The Morgan fingerprint density at radius 2 is 2.00 bits per heavy atom. The van der Waals surface area contributed by atoms with E-state index in [1.54, 1.807) is 12.1 Å². The summed E-state index contributed by atoms with van der Waals surface area (Å²) in [7, 11) is 0. The minimum Gasteiger partial charge on any atom is -0.484 e. The van der Waals surface area contributed by atoms with Gasteiger partial charge in [0.2, 0.25) is 6.08 Å². The van der Waals surface area contributed by atoms with Gasteiger partial charge in [-0.1, -0.05) is 11.6 Å². The van der Waals surface area contributed by atoms with Gasteiger partial charge in [0.15, 0.2) is 6.61 Å². The van der Waals surface area contributed by atoms with E-state index in [1.807, 2.05) is 13.8 Å². The van der Waals surface area contributed by atoms with E-state index in [4.69, 9.17) is 16.3 Å². The van der Waals surface area contributed by atoms with Crippen molar-refractivity contribution < 1.29 is 14.3 Å². The van der Waals surface area contributed by atoms with Crippen LogP contribution in [-0.4, -0.2) is 18.6 Å². The van der Waals surface area contributed by atoms with Crippen LogP contribution in [0.5, 0.6) is 5.75 Å². The fourth-order valence-electron chi connectivity index (χ4n) is 1.22. The Bertz CT molecular complexity index is 441. The summed E-state index contributed by atoms with van der Waals surface area (Å²) < 4.78 is 5.16. The maximum Gasteiger partial charge on any atom is 0.294 e. The third-order valence-corrected chi connectivity index (χ3v) is 2.54. The van der Waals surface area contributed by atoms with E-state index in [2.05, 4.69) is 4.99 Å². The van der Waals surface area contributed by atoms with E-state index >= 15 is 0 Å². The van der Waals surface area contributed by atoms with Gasteiger partial charge in [-0.25, -0.2) is 4.79 Å². The van der Waals surface area contributed by atoms with Gasteiger partial charge in [-0.2, -0.15) is 0 Å². The van der Waals surface area contributed by atoms with E-state index < -0.39 is 5.91 Å². The number of hydrogen-bond donors (Lipinski definition) is 0. The maximum atomic E-state index is 10.9. The number of halogens is 1. The first kappa shape index (κ1) is 12.4. The maximum absolute atomic E-state index is 10.9. The van der Waals surface area contributed by atoms with Crippen LogP contribution in [0, 0.1) is 13.8 Å². The molecular weight excluding hydrogens is 230 g/mol. The lowest BCUT2D eigenvalue weighted by atomic mass is 10.1. The highest BCUT2D eigenvalue weighted by Crippen LogP contribution is 2.25. The number of amides is 1. The number of benzene rings is 1. The number of aryl methyl sites for hydroxylation is 2. The third kappa shape index (κ3) is 3.19. The number of aliphatic imine (C=N–C) groups is 1. The van der Waals surface area contributed by atoms with Crippen LogP contribution < -0.4 is 4.74 Å². The van der Waals surface area contributed by atoms with Crippen LogP contribution in [0.3, 0.4) is 0 Å². The minimum absolute atomic E-state index is 0.282. The van der Waals surface area contributed by atoms with Crippen molar-refractivity contribution in [3.63, 3.8) is 0 Å². The molecule has 1 aromatic rings. The summed E-state index contributed by atoms with van der Waals surface area (Å²) >= 11 is 5.97. The smallest absolute Gasteiger partial charge is 0.294 e. The van der Waals surface area contributed by atoms with Crippen molar-refractivity contribution in [1.29, 1.82) is 0 Å². The molecule has 0 bridgehead atoms. The van der Waals surface area contributed by atoms with Crippen LogP contribution in [0.1, 0.15) is 11.1 Å². The number of hydrogen-bond acceptors (Lipinski definition) is 3. The van der Waals surface area contributed by atoms with E-state index in [0.717, 1.165) is 17.2 Å². The lowest BCUT2D eigenvalue weighted by Gasteiger charge is -2.08. The largest absolute Gasteiger partial charge is 0.484 e. The highest BCUT2D eigenvalue weighted by atomic mass is 35.5. The summed E-state index contributed by atoms with van der Waals surface area (Å²) in [4.78, 5) is 23.6. The number of carbonyl (C=O) groups excluding carboxylic acids is 2. The zero-order chi connectivity index (χ0) is 12.1. The number of ether oxygens (including phenoxy) is 1. The predicted octanol–water partition coefficient (Wildman–Crippen LogP) is 2.20. The van der Waals surface area contributed by atoms with Gasteiger partial charge in [0, 0.05) is 5.02 Å². The topological polar surface area (TPSA) is 55.7 Å². The summed E-state index contributed by atoms with van der Waals surface area (Å²) in [6.07, 6.45) is 1.16. The van der Waals surface area contributed by atoms with Crippen molar-refractivity contribution in [3.05, 3.63) is 28.3 Å². The van der Waals surface area contributed by atoms with Gasteiger partial charge >= 0.3 is 0 Å². The molecule has 1 rings (SSSR count). The number of carbonyl (C=O) groups is 1. The Labute approximate surface area is 97.9 Å². The van der Waals surface area contributed by atoms with E-state index in [0.29, 0.717) is 10.8 Å². The summed E-state index contributed by atoms with van der Waals surface area (Å²) in [6, 6.07) is 3.43. The van der Waals surface area contributed by atoms with Gasteiger partial charge in [0.05, 0.1) is 0 Å². The monoisotopic (exact) mass is 239 g/mol. The molecule has 0 unspecified atom stereocenters. The second-order valence-corrected chi connectivity index (χ2v) is 3.63. The van der Waals surface area contributed by atoms with Crippen molar-refractivity contribution >= 4 is 23.6 Å². The molecule has 0 heterocycles. The average molecular weight is 240 g/mol. The van der Waals surface area contributed by atoms with Crippen molar-refractivity contribution in [2.75, 3.05) is 6.61 Å². The highest BCUT2D eigenvalue weighted by molar-refractivity contribution is 6.32. The molecule has 0 spiro atoms. The first-order valence-electron chi connectivity index (χ1n) is 4.55. The van der Waals surface area contributed by atoms with Crippen molar-refractivity contribution in [3.8, 4) is 5.75 Å². The summed E-state index contributed by atoms with van der Waals surface area (Å²) in [5.74, 6) is -0.144. The molecule has 0 atom stereocenters. The average Bonchev–Trinajstić information content (AvgIpc) is 2.23.